The molecule has 0 bridgehead atoms. The number of nitrogens with zero attached hydrogens (tertiary/aromatic N) is 3. The SMILES string of the molecule is CN(C(=O)c1c(C=O)cccc1CN1CC2(C1)CN(C(=O)OC(C)(C)C)C2)C1CCC(=O)NC1=O. The van der Waals surface area contributed by atoms with Gasteiger partial charge >= 0.3 is 6.09 Å². The molecule has 1 spiro atoms. The molecule has 188 valence electrons. The van der Waals surface area contributed by atoms with Crippen LogP contribution in [0.1, 0.15) is 59.9 Å². The maximum absolute atomic E-state index is 13.4. The summed E-state index contributed by atoms with van der Waals surface area (Å²) in [5.41, 5.74) is 0.754. The Morgan fingerprint density at radius 1 is 1.20 bits per heavy atom. The number of ether oxygens (including phenoxy) is 1. The van der Waals surface area contributed by atoms with Crippen molar-refractivity contribution in [2.24, 2.45) is 5.41 Å². The summed E-state index contributed by atoms with van der Waals surface area (Å²) < 4.78 is 5.43. The molecule has 3 saturated heterocycles. The molecule has 1 N–H and O–H groups in total. The van der Waals surface area contributed by atoms with E-state index in [0.29, 0.717) is 31.5 Å². The van der Waals surface area contributed by atoms with Crippen molar-refractivity contribution in [3.8, 4) is 0 Å². The number of amides is 4. The Balaban J connectivity index is 1.41. The topological polar surface area (TPSA) is 116 Å². The van der Waals surface area contributed by atoms with Crippen molar-refractivity contribution >= 4 is 30.1 Å². The van der Waals surface area contributed by atoms with Gasteiger partial charge in [0.2, 0.25) is 11.8 Å². The first-order chi connectivity index (χ1) is 16.4. The lowest BCUT2D eigenvalue weighted by Gasteiger charge is -2.60. The molecular weight excluding hydrogens is 452 g/mol. The molecule has 10 heteroatoms. The summed E-state index contributed by atoms with van der Waals surface area (Å²) in [7, 11) is 1.52. The van der Waals surface area contributed by atoms with E-state index in [2.05, 4.69) is 10.2 Å². The number of carbonyl (C=O) groups excluding carboxylic acids is 5. The van der Waals surface area contributed by atoms with Crippen LogP contribution in [0.25, 0.3) is 0 Å². The van der Waals surface area contributed by atoms with Gasteiger partial charge in [0.15, 0.2) is 6.29 Å². The van der Waals surface area contributed by atoms with Crippen LogP contribution in [-0.4, -0.2) is 89.7 Å². The second-order valence-electron chi connectivity index (χ2n) is 10.9. The number of imide groups is 1. The molecule has 35 heavy (non-hydrogen) atoms. The minimum absolute atomic E-state index is 0.0346. The Morgan fingerprint density at radius 2 is 1.89 bits per heavy atom. The van der Waals surface area contributed by atoms with Crippen molar-refractivity contribution in [3.05, 3.63) is 34.9 Å². The Bertz CT molecular complexity index is 1060. The number of rotatable bonds is 5. The number of carbonyl (C=O) groups is 5. The Hall–Kier alpha value is -3.27. The number of aldehydes is 1. The first-order valence-electron chi connectivity index (χ1n) is 11.8. The van der Waals surface area contributed by atoms with E-state index >= 15 is 0 Å². The largest absolute Gasteiger partial charge is 0.444 e. The van der Waals surface area contributed by atoms with Crippen LogP contribution >= 0.6 is 0 Å². The molecule has 3 heterocycles. The van der Waals surface area contributed by atoms with E-state index in [4.69, 9.17) is 4.74 Å². The monoisotopic (exact) mass is 484 g/mol. The summed E-state index contributed by atoms with van der Waals surface area (Å²) in [5.74, 6) is -1.28. The third-order valence-electron chi connectivity index (χ3n) is 6.74. The lowest BCUT2D eigenvalue weighted by Crippen LogP contribution is -2.72. The van der Waals surface area contributed by atoms with Crippen molar-refractivity contribution in [3.63, 3.8) is 0 Å². The average Bonchev–Trinajstić information content (AvgIpc) is 2.71. The molecule has 1 aromatic rings. The smallest absolute Gasteiger partial charge is 0.410 e. The maximum Gasteiger partial charge on any atom is 0.410 e. The summed E-state index contributed by atoms with van der Waals surface area (Å²) in [4.78, 5) is 66.4. The van der Waals surface area contributed by atoms with Crippen LogP contribution in [0.3, 0.4) is 0 Å². The highest BCUT2D eigenvalue weighted by atomic mass is 16.6. The molecule has 3 fully saturated rings. The zero-order chi connectivity index (χ0) is 25.5. The molecule has 0 saturated carbocycles. The average molecular weight is 485 g/mol. The van der Waals surface area contributed by atoms with Gasteiger partial charge in [-0.25, -0.2) is 4.79 Å². The van der Waals surface area contributed by atoms with Crippen molar-refractivity contribution in [1.82, 2.24) is 20.0 Å². The first kappa shape index (κ1) is 24.8. The lowest BCUT2D eigenvalue weighted by atomic mass is 9.73. The molecule has 10 nitrogen and oxygen atoms in total. The summed E-state index contributed by atoms with van der Waals surface area (Å²) in [6.45, 7) is 8.82. The molecule has 1 atom stereocenters. The van der Waals surface area contributed by atoms with Crippen LogP contribution in [0.15, 0.2) is 18.2 Å². The number of piperidine rings is 1. The predicted octanol–water partition coefficient (Wildman–Crippen LogP) is 1.43. The molecule has 0 aliphatic carbocycles. The summed E-state index contributed by atoms with van der Waals surface area (Å²) in [5, 5.41) is 2.27. The van der Waals surface area contributed by atoms with E-state index in [1.54, 1.807) is 17.0 Å². The predicted molar refractivity (Wildman–Crippen MR) is 126 cm³/mol. The molecule has 1 aromatic carbocycles. The fraction of sp³-hybridized carbons (Fsp3) is 0.560. The van der Waals surface area contributed by atoms with E-state index < -0.39 is 23.5 Å². The standard InChI is InChI=1S/C25H32N4O6/c1-24(2,3)35-23(34)29-14-25(15-29)12-28(13-25)10-16-6-5-7-17(11-30)20(16)22(33)27(4)18-8-9-19(31)26-21(18)32/h5-7,11,18H,8-10,12-15H2,1-4H3,(H,26,31,32). The van der Waals surface area contributed by atoms with Crippen LogP contribution in [0.5, 0.6) is 0 Å². The van der Waals surface area contributed by atoms with Gasteiger partial charge in [0.25, 0.3) is 5.91 Å². The molecule has 0 radical (unpaired) electrons. The van der Waals surface area contributed by atoms with Crippen molar-refractivity contribution in [2.75, 3.05) is 33.2 Å². The molecule has 1 unspecified atom stereocenters. The minimum Gasteiger partial charge on any atom is -0.444 e. The number of likely N-dealkylation sites (N-methyl/N-ethyl adjacent to an activating group) is 1. The maximum atomic E-state index is 13.4. The number of benzene rings is 1. The highest BCUT2D eigenvalue weighted by molar-refractivity contribution is 6.06. The van der Waals surface area contributed by atoms with Gasteiger partial charge in [0, 0.05) is 57.2 Å². The van der Waals surface area contributed by atoms with Gasteiger partial charge in [-0.15, -0.1) is 0 Å². The quantitative estimate of drug-likeness (QED) is 0.496. The lowest BCUT2D eigenvalue weighted by molar-refractivity contribution is -0.136. The molecular formula is C25H32N4O6. The van der Waals surface area contributed by atoms with Crippen LogP contribution in [-0.2, 0) is 20.9 Å². The van der Waals surface area contributed by atoms with E-state index in [-0.39, 0.29) is 41.4 Å². The number of hydrogen-bond acceptors (Lipinski definition) is 7. The second kappa shape index (κ2) is 9.07. The molecule has 0 aromatic heterocycles. The third-order valence-corrected chi connectivity index (χ3v) is 6.74. The van der Waals surface area contributed by atoms with E-state index in [1.165, 1.54) is 11.9 Å². The van der Waals surface area contributed by atoms with Crippen molar-refractivity contribution < 1.29 is 28.7 Å². The Kier molecular flexibility index (Phi) is 6.44. The highest BCUT2D eigenvalue weighted by Crippen LogP contribution is 2.41. The van der Waals surface area contributed by atoms with E-state index in [1.807, 2.05) is 26.8 Å². The molecule has 3 aliphatic heterocycles. The number of likely N-dealkylation sites (tertiary alicyclic amines) is 2. The number of hydrogen-bond donors (Lipinski definition) is 1. The molecule has 4 amide bonds. The van der Waals surface area contributed by atoms with Crippen molar-refractivity contribution in [2.45, 2.75) is 51.8 Å². The van der Waals surface area contributed by atoms with Crippen LogP contribution in [0.4, 0.5) is 4.79 Å². The van der Waals surface area contributed by atoms with Crippen molar-refractivity contribution in [1.29, 1.82) is 0 Å². The fourth-order valence-electron chi connectivity index (χ4n) is 5.15. The van der Waals surface area contributed by atoms with Gasteiger partial charge in [-0.1, -0.05) is 18.2 Å². The van der Waals surface area contributed by atoms with Gasteiger partial charge in [0.1, 0.15) is 11.6 Å². The zero-order valence-electron chi connectivity index (χ0n) is 20.6. The fourth-order valence-corrected chi connectivity index (χ4v) is 5.15. The van der Waals surface area contributed by atoms with Gasteiger partial charge in [-0.2, -0.15) is 0 Å². The highest BCUT2D eigenvalue weighted by Gasteiger charge is 2.53. The van der Waals surface area contributed by atoms with Gasteiger partial charge in [-0.3, -0.25) is 29.4 Å². The Morgan fingerprint density at radius 3 is 2.49 bits per heavy atom. The van der Waals surface area contributed by atoms with E-state index in [9.17, 15) is 24.0 Å². The molecule has 3 aliphatic rings. The molecule has 4 rings (SSSR count). The third kappa shape index (κ3) is 5.07. The summed E-state index contributed by atoms with van der Waals surface area (Å²) in [6, 6.07) is 4.38. The summed E-state index contributed by atoms with van der Waals surface area (Å²) >= 11 is 0. The summed E-state index contributed by atoms with van der Waals surface area (Å²) in [6.07, 6.45) is 0.752. The van der Waals surface area contributed by atoms with E-state index in [0.717, 1.165) is 13.1 Å². The van der Waals surface area contributed by atoms with Crippen LogP contribution in [0.2, 0.25) is 0 Å². The van der Waals surface area contributed by atoms with Gasteiger partial charge in [-0.05, 0) is 32.8 Å². The van der Waals surface area contributed by atoms with Gasteiger partial charge < -0.3 is 14.5 Å². The van der Waals surface area contributed by atoms with Crippen LogP contribution < -0.4 is 5.32 Å². The normalized spacial score (nSPS) is 21.6. The minimum atomic E-state index is -0.770. The van der Waals surface area contributed by atoms with Gasteiger partial charge in [0.05, 0.1) is 5.56 Å². The second-order valence-corrected chi connectivity index (χ2v) is 10.9. The number of nitrogens with one attached hydrogen (secondary N) is 1. The Labute approximate surface area is 204 Å². The zero-order valence-corrected chi connectivity index (χ0v) is 20.6. The van der Waals surface area contributed by atoms with Crippen LogP contribution in [0, 0.1) is 5.41 Å². The first-order valence-corrected chi connectivity index (χ1v) is 11.8.